The molecular formula is C15H24N4O7. The summed E-state index contributed by atoms with van der Waals surface area (Å²) < 4.78 is 14.8. The van der Waals surface area contributed by atoms with Gasteiger partial charge in [0.25, 0.3) is 0 Å². The first-order valence-electron chi connectivity index (χ1n) is 7.62. The molecule has 0 aromatic heterocycles. The van der Waals surface area contributed by atoms with Gasteiger partial charge in [-0.1, -0.05) is 0 Å². The Morgan fingerprint density at radius 1 is 1.00 bits per heavy atom. The summed E-state index contributed by atoms with van der Waals surface area (Å²) in [5.41, 5.74) is 6.35. The maximum Gasteiger partial charge on any atom is 0.420 e. The lowest BCUT2D eigenvalue weighted by Gasteiger charge is -2.31. The predicted molar refractivity (Wildman–Crippen MR) is 88.9 cm³/mol. The second kappa shape index (κ2) is 9.04. The van der Waals surface area contributed by atoms with Crippen molar-refractivity contribution in [2.45, 2.75) is 65.2 Å². The fourth-order valence-corrected chi connectivity index (χ4v) is 1.62. The van der Waals surface area contributed by atoms with Crippen LogP contribution in [0.1, 0.15) is 48.0 Å². The third kappa shape index (κ3) is 8.34. The number of carbonyl (C=O) groups excluding carboxylic acids is 4. The van der Waals surface area contributed by atoms with Crippen molar-refractivity contribution in [2.75, 3.05) is 7.11 Å². The molecule has 0 heterocycles. The first-order valence-corrected chi connectivity index (χ1v) is 7.62. The molecule has 1 atom stereocenters. The number of carbonyl (C=O) groups is 4. The van der Waals surface area contributed by atoms with E-state index in [0.29, 0.717) is 4.90 Å². The van der Waals surface area contributed by atoms with Gasteiger partial charge in [-0.25, -0.2) is 14.4 Å². The largest absolute Gasteiger partial charge is 0.467 e. The van der Waals surface area contributed by atoms with Crippen molar-refractivity contribution in [1.29, 1.82) is 0 Å². The fraction of sp³-hybridized carbons (Fsp3) is 0.733. The Labute approximate surface area is 151 Å². The van der Waals surface area contributed by atoms with E-state index in [1.54, 1.807) is 41.5 Å². The zero-order valence-corrected chi connectivity index (χ0v) is 15.9. The van der Waals surface area contributed by atoms with E-state index in [-0.39, 0.29) is 0 Å². The molecule has 0 aromatic carbocycles. The molecule has 0 aromatic rings. The van der Waals surface area contributed by atoms with Crippen LogP contribution in [0.2, 0.25) is 0 Å². The number of azide groups is 1. The number of hydrogen-bond acceptors (Lipinski definition) is 7. The molecule has 11 heteroatoms. The lowest BCUT2D eigenvalue weighted by molar-refractivity contribution is -0.148. The van der Waals surface area contributed by atoms with E-state index >= 15 is 0 Å². The van der Waals surface area contributed by atoms with Crippen LogP contribution < -0.4 is 0 Å². The second-order valence-corrected chi connectivity index (χ2v) is 7.16. The number of hydrogen-bond donors (Lipinski definition) is 0. The van der Waals surface area contributed by atoms with Gasteiger partial charge >= 0.3 is 18.2 Å². The van der Waals surface area contributed by atoms with E-state index in [9.17, 15) is 19.2 Å². The molecule has 0 aliphatic rings. The minimum atomic E-state index is -1.72. The molecule has 0 rings (SSSR count). The molecule has 0 bridgehead atoms. The van der Waals surface area contributed by atoms with Gasteiger partial charge in [0.1, 0.15) is 11.2 Å². The summed E-state index contributed by atoms with van der Waals surface area (Å²) in [6.45, 7) is 9.31. The zero-order valence-electron chi connectivity index (χ0n) is 15.9. The highest BCUT2D eigenvalue weighted by atomic mass is 16.6. The molecule has 3 amide bonds. The van der Waals surface area contributed by atoms with E-state index < -0.39 is 47.7 Å². The van der Waals surface area contributed by atoms with Crippen molar-refractivity contribution in [1.82, 2.24) is 4.90 Å². The highest BCUT2D eigenvalue weighted by Crippen LogP contribution is 2.19. The molecule has 0 unspecified atom stereocenters. The van der Waals surface area contributed by atoms with E-state index in [2.05, 4.69) is 14.8 Å². The van der Waals surface area contributed by atoms with Crippen LogP contribution in [-0.2, 0) is 23.8 Å². The lowest BCUT2D eigenvalue weighted by Crippen LogP contribution is -2.52. The van der Waals surface area contributed by atoms with Gasteiger partial charge in [0.05, 0.1) is 7.11 Å². The number of nitrogens with zero attached hydrogens (tertiary/aromatic N) is 4. The molecule has 0 radical (unpaired) electrons. The number of imide groups is 1. The lowest BCUT2D eigenvalue weighted by atomic mass is 10.1. The molecule has 0 N–H and O–H groups in total. The summed E-state index contributed by atoms with van der Waals surface area (Å²) in [6.07, 6.45) is -3.21. The molecule has 0 saturated heterocycles. The average molecular weight is 372 g/mol. The summed E-state index contributed by atoms with van der Waals surface area (Å²) in [5.74, 6) is -2.15. The SMILES string of the molecule is COC(=O)[C@H](CC(=O)N=[N+]=[N-])N(C(=O)OC(C)(C)C)C(=O)OC(C)(C)C. The monoisotopic (exact) mass is 372 g/mol. The maximum absolute atomic E-state index is 12.5. The molecule has 0 spiro atoms. The van der Waals surface area contributed by atoms with E-state index in [1.165, 1.54) is 0 Å². The number of methoxy groups -OCH3 is 1. The van der Waals surface area contributed by atoms with E-state index in [0.717, 1.165) is 7.11 Å². The molecular weight excluding hydrogens is 348 g/mol. The molecule has 11 nitrogen and oxygen atoms in total. The molecule has 0 aliphatic heterocycles. The minimum absolute atomic E-state index is 0.340. The van der Waals surface area contributed by atoms with Crippen molar-refractivity contribution >= 4 is 24.1 Å². The average Bonchev–Trinajstić information content (AvgIpc) is 2.42. The van der Waals surface area contributed by atoms with Gasteiger partial charge in [-0.3, -0.25) is 4.79 Å². The van der Waals surface area contributed by atoms with Crippen molar-refractivity contribution < 1.29 is 33.4 Å². The van der Waals surface area contributed by atoms with Crippen LogP contribution in [0.5, 0.6) is 0 Å². The van der Waals surface area contributed by atoms with Gasteiger partial charge in [-0.05, 0) is 52.2 Å². The van der Waals surface area contributed by atoms with E-state index in [1.807, 2.05) is 0 Å². The van der Waals surface area contributed by atoms with Gasteiger partial charge in [0, 0.05) is 11.3 Å². The highest BCUT2D eigenvalue weighted by molar-refractivity contribution is 5.96. The Morgan fingerprint density at radius 2 is 1.42 bits per heavy atom. The minimum Gasteiger partial charge on any atom is -0.467 e. The molecule has 146 valence electrons. The fourth-order valence-electron chi connectivity index (χ4n) is 1.62. The van der Waals surface area contributed by atoms with Crippen molar-refractivity contribution in [3.8, 4) is 0 Å². The second-order valence-electron chi connectivity index (χ2n) is 7.16. The standard InChI is InChI=1S/C15H24N4O7/c1-14(2,3)25-12(22)19(13(23)26-15(4,5)6)9(11(21)24-7)8-10(20)17-18-16/h9H,8H2,1-7H3/t9-/m0/s1. The number of ether oxygens (including phenoxy) is 3. The number of rotatable bonds is 4. The van der Waals surface area contributed by atoms with Crippen molar-refractivity contribution in [3.05, 3.63) is 10.4 Å². The van der Waals surface area contributed by atoms with Crippen LogP contribution in [0, 0.1) is 0 Å². The molecule has 0 saturated carbocycles. The van der Waals surface area contributed by atoms with Crippen LogP contribution in [0.25, 0.3) is 10.4 Å². The summed E-state index contributed by atoms with van der Waals surface area (Å²) in [4.78, 5) is 51.3. The van der Waals surface area contributed by atoms with Gasteiger partial charge in [-0.2, -0.15) is 4.90 Å². The van der Waals surface area contributed by atoms with Gasteiger partial charge in [0.2, 0.25) is 5.91 Å². The summed E-state index contributed by atoms with van der Waals surface area (Å²) in [5, 5.41) is 2.83. The zero-order chi connectivity index (χ0) is 20.7. The Bertz CT molecular complexity index is 584. The highest BCUT2D eigenvalue weighted by Gasteiger charge is 2.41. The van der Waals surface area contributed by atoms with Gasteiger partial charge in [0.15, 0.2) is 6.04 Å². The first-order chi connectivity index (χ1) is 11.7. The third-order valence-electron chi connectivity index (χ3n) is 2.49. The molecule has 0 aliphatic carbocycles. The predicted octanol–water partition coefficient (Wildman–Crippen LogP) is 2.93. The third-order valence-corrected chi connectivity index (χ3v) is 2.49. The van der Waals surface area contributed by atoms with Crippen LogP contribution in [0.4, 0.5) is 9.59 Å². The summed E-state index contributed by atoms with van der Waals surface area (Å²) in [6, 6.07) is -1.72. The molecule has 26 heavy (non-hydrogen) atoms. The Kier molecular flexibility index (Phi) is 8.07. The van der Waals surface area contributed by atoms with Crippen LogP contribution in [-0.4, -0.2) is 53.3 Å². The maximum atomic E-state index is 12.5. The quantitative estimate of drug-likeness (QED) is 0.242. The Morgan fingerprint density at radius 3 is 1.73 bits per heavy atom. The Balaban J connectivity index is 5.96. The van der Waals surface area contributed by atoms with Gasteiger partial charge in [-0.15, -0.1) is 0 Å². The van der Waals surface area contributed by atoms with Crippen LogP contribution >= 0.6 is 0 Å². The normalized spacial score (nSPS) is 12.3. The van der Waals surface area contributed by atoms with Gasteiger partial charge < -0.3 is 14.2 Å². The first kappa shape index (κ1) is 23.2. The smallest absolute Gasteiger partial charge is 0.420 e. The van der Waals surface area contributed by atoms with E-state index in [4.69, 9.17) is 15.0 Å². The number of esters is 1. The van der Waals surface area contributed by atoms with Crippen molar-refractivity contribution in [3.63, 3.8) is 0 Å². The molecule has 0 fully saturated rings. The number of amides is 3. The summed E-state index contributed by atoms with van der Waals surface area (Å²) >= 11 is 0. The Hall–Kier alpha value is -2.81. The van der Waals surface area contributed by atoms with Crippen molar-refractivity contribution in [2.24, 2.45) is 5.11 Å². The van der Waals surface area contributed by atoms with Crippen LogP contribution in [0.15, 0.2) is 5.11 Å². The van der Waals surface area contributed by atoms with Crippen LogP contribution in [0.3, 0.4) is 0 Å². The summed E-state index contributed by atoms with van der Waals surface area (Å²) in [7, 11) is 1.01. The topological polar surface area (TPSA) is 148 Å².